The summed E-state index contributed by atoms with van der Waals surface area (Å²) in [7, 11) is 0. The quantitative estimate of drug-likeness (QED) is 0.773. The molecular formula is C10H15ClN2O2. The van der Waals surface area contributed by atoms with Crippen LogP contribution in [0.4, 0.5) is 0 Å². The molecule has 0 aliphatic heterocycles. The van der Waals surface area contributed by atoms with Crippen molar-refractivity contribution in [3.8, 4) is 0 Å². The van der Waals surface area contributed by atoms with Crippen molar-refractivity contribution in [1.82, 2.24) is 4.90 Å². The minimum Gasteiger partial charge on any atom is -0.467 e. The lowest BCUT2D eigenvalue weighted by Crippen LogP contribution is -2.35. The number of amides is 1. The van der Waals surface area contributed by atoms with Crippen LogP contribution in [-0.2, 0) is 11.3 Å². The highest BCUT2D eigenvalue weighted by molar-refractivity contribution is 5.85. The smallest absolute Gasteiger partial charge is 0.236 e. The Balaban J connectivity index is 0.00000196. The zero-order valence-corrected chi connectivity index (χ0v) is 9.20. The van der Waals surface area contributed by atoms with Crippen molar-refractivity contribution in [2.75, 3.05) is 13.1 Å². The van der Waals surface area contributed by atoms with Gasteiger partial charge in [-0.25, -0.2) is 0 Å². The van der Waals surface area contributed by atoms with Crippen LogP contribution in [0.25, 0.3) is 0 Å². The van der Waals surface area contributed by atoms with Gasteiger partial charge in [-0.15, -0.1) is 19.0 Å². The highest BCUT2D eigenvalue weighted by atomic mass is 35.5. The van der Waals surface area contributed by atoms with Gasteiger partial charge in [0.25, 0.3) is 0 Å². The molecule has 0 bridgehead atoms. The topological polar surface area (TPSA) is 59.5 Å². The van der Waals surface area contributed by atoms with E-state index in [0.717, 1.165) is 5.76 Å². The van der Waals surface area contributed by atoms with Gasteiger partial charge in [-0.1, -0.05) is 6.08 Å². The molecule has 1 amide bonds. The Morgan fingerprint density at radius 2 is 2.40 bits per heavy atom. The fraction of sp³-hybridized carbons (Fsp3) is 0.300. The molecule has 0 fully saturated rings. The van der Waals surface area contributed by atoms with Crippen molar-refractivity contribution in [1.29, 1.82) is 0 Å². The number of hydrogen-bond donors (Lipinski definition) is 1. The summed E-state index contributed by atoms with van der Waals surface area (Å²) in [6.07, 6.45) is 3.24. The van der Waals surface area contributed by atoms with E-state index in [1.165, 1.54) is 0 Å². The van der Waals surface area contributed by atoms with Crippen LogP contribution in [0.1, 0.15) is 5.76 Å². The van der Waals surface area contributed by atoms with Crippen molar-refractivity contribution in [2.45, 2.75) is 6.54 Å². The number of halogens is 1. The molecule has 84 valence electrons. The molecule has 2 N–H and O–H groups in total. The zero-order chi connectivity index (χ0) is 10.4. The summed E-state index contributed by atoms with van der Waals surface area (Å²) in [5.41, 5.74) is 5.28. The maximum Gasteiger partial charge on any atom is 0.236 e. The van der Waals surface area contributed by atoms with E-state index in [2.05, 4.69) is 6.58 Å². The first-order valence-electron chi connectivity index (χ1n) is 4.39. The third kappa shape index (κ3) is 4.18. The van der Waals surface area contributed by atoms with E-state index in [0.29, 0.717) is 13.1 Å². The van der Waals surface area contributed by atoms with E-state index in [1.807, 2.05) is 6.07 Å². The van der Waals surface area contributed by atoms with E-state index in [4.69, 9.17) is 10.2 Å². The molecule has 5 heteroatoms. The van der Waals surface area contributed by atoms with Gasteiger partial charge in [0.2, 0.25) is 5.91 Å². The van der Waals surface area contributed by atoms with Crippen molar-refractivity contribution < 1.29 is 9.21 Å². The van der Waals surface area contributed by atoms with Gasteiger partial charge >= 0.3 is 0 Å². The highest BCUT2D eigenvalue weighted by Crippen LogP contribution is 2.05. The van der Waals surface area contributed by atoms with Gasteiger partial charge in [-0.2, -0.15) is 0 Å². The van der Waals surface area contributed by atoms with Crippen LogP contribution >= 0.6 is 12.4 Å². The average molecular weight is 231 g/mol. The fourth-order valence-electron chi connectivity index (χ4n) is 1.13. The van der Waals surface area contributed by atoms with Crippen LogP contribution in [-0.4, -0.2) is 23.9 Å². The van der Waals surface area contributed by atoms with Gasteiger partial charge in [0.1, 0.15) is 5.76 Å². The molecule has 1 aromatic heterocycles. The summed E-state index contributed by atoms with van der Waals surface area (Å²) in [6.45, 7) is 4.51. The number of hydrogen-bond acceptors (Lipinski definition) is 3. The second-order valence-electron chi connectivity index (χ2n) is 2.85. The van der Waals surface area contributed by atoms with Crippen LogP contribution in [0.5, 0.6) is 0 Å². The third-order valence-electron chi connectivity index (χ3n) is 1.80. The molecule has 0 unspecified atom stereocenters. The van der Waals surface area contributed by atoms with Gasteiger partial charge in [-0.05, 0) is 12.1 Å². The molecule has 0 spiro atoms. The van der Waals surface area contributed by atoms with Gasteiger partial charge in [0.05, 0.1) is 19.4 Å². The lowest BCUT2D eigenvalue weighted by molar-refractivity contribution is -0.129. The van der Waals surface area contributed by atoms with Crippen molar-refractivity contribution >= 4 is 18.3 Å². The molecule has 1 rings (SSSR count). The van der Waals surface area contributed by atoms with E-state index in [-0.39, 0.29) is 24.9 Å². The number of nitrogens with two attached hydrogens (primary N) is 1. The van der Waals surface area contributed by atoms with E-state index in [1.54, 1.807) is 23.3 Å². The van der Waals surface area contributed by atoms with Crippen LogP contribution in [0.2, 0.25) is 0 Å². The molecule has 0 atom stereocenters. The summed E-state index contributed by atoms with van der Waals surface area (Å²) in [5, 5.41) is 0. The Morgan fingerprint density at radius 1 is 1.67 bits per heavy atom. The lowest BCUT2D eigenvalue weighted by atomic mass is 10.3. The largest absolute Gasteiger partial charge is 0.467 e. The molecule has 0 aromatic carbocycles. The van der Waals surface area contributed by atoms with Crippen LogP contribution in [0.15, 0.2) is 35.5 Å². The first-order valence-corrected chi connectivity index (χ1v) is 4.39. The van der Waals surface area contributed by atoms with Crippen LogP contribution in [0, 0.1) is 0 Å². The number of carbonyl (C=O) groups excluding carboxylic acids is 1. The Hall–Kier alpha value is -1.26. The molecule has 0 saturated carbocycles. The fourth-order valence-corrected chi connectivity index (χ4v) is 1.13. The molecule has 4 nitrogen and oxygen atoms in total. The first-order chi connectivity index (χ1) is 6.77. The molecule has 15 heavy (non-hydrogen) atoms. The second-order valence-corrected chi connectivity index (χ2v) is 2.85. The minimum atomic E-state index is -0.110. The van der Waals surface area contributed by atoms with E-state index in [9.17, 15) is 4.79 Å². The number of nitrogens with zero attached hydrogens (tertiary/aromatic N) is 1. The van der Waals surface area contributed by atoms with Gasteiger partial charge in [0.15, 0.2) is 0 Å². The molecule has 0 aliphatic rings. The summed E-state index contributed by atoms with van der Waals surface area (Å²) in [4.78, 5) is 12.9. The maximum absolute atomic E-state index is 11.3. The highest BCUT2D eigenvalue weighted by Gasteiger charge is 2.11. The SMILES string of the molecule is C=CCN(Cc1ccco1)C(=O)CN.Cl. The summed E-state index contributed by atoms with van der Waals surface area (Å²) >= 11 is 0. The molecule has 0 aliphatic carbocycles. The van der Waals surface area contributed by atoms with E-state index < -0.39 is 0 Å². The normalized spacial score (nSPS) is 9.13. The second kappa shape index (κ2) is 7.09. The standard InChI is InChI=1S/C10H14N2O2.ClH/c1-2-5-12(10(13)7-11)8-9-4-3-6-14-9;/h2-4,6H,1,5,7-8,11H2;1H. The Bertz CT molecular complexity index is 298. The Labute approximate surface area is 95.1 Å². The van der Waals surface area contributed by atoms with Gasteiger partial charge in [0, 0.05) is 6.54 Å². The Morgan fingerprint density at radius 3 is 2.87 bits per heavy atom. The summed E-state index contributed by atoms with van der Waals surface area (Å²) in [5.74, 6) is 0.634. The third-order valence-corrected chi connectivity index (χ3v) is 1.80. The van der Waals surface area contributed by atoms with Crippen molar-refractivity contribution in [3.63, 3.8) is 0 Å². The molecule has 0 saturated heterocycles. The van der Waals surface area contributed by atoms with Crippen molar-refractivity contribution in [2.24, 2.45) is 5.73 Å². The number of furan rings is 1. The number of rotatable bonds is 5. The first kappa shape index (κ1) is 13.7. The zero-order valence-electron chi connectivity index (χ0n) is 8.39. The Kier molecular flexibility index (Phi) is 6.49. The average Bonchev–Trinajstić information content (AvgIpc) is 2.68. The predicted octanol–water partition coefficient (Wildman–Crippen LogP) is 1.17. The molecule has 0 radical (unpaired) electrons. The lowest BCUT2D eigenvalue weighted by Gasteiger charge is -2.18. The van der Waals surface area contributed by atoms with Gasteiger partial charge < -0.3 is 15.1 Å². The van der Waals surface area contributed by atoms with Crippen molar-refractivity contribution in [3.05, 3.63) is 36.8 Å². The summed E-state index contributed by atoms with van der Waals surface area (Å²) < 4.78 is 5.14. The van der Waals surface area contributed by atoms with Crippen LogP contribution < -0.4 is 5.73 Å². The number of carbonyl (C=O) groups is 1. The van der Waals surface area contributed by atoms with Gasteiger partial charge in [-0.3, -0.25) is 4.79 Å². The summed E-state index contributed by atoms with van der Waals surface area (Å²) in [6, 6.07) is 3.61. The van der Waals surface area contributed by atoms with Crippen LogP contribution in [0.3, 0.4) is 0 Å². The molecular weight excluding hydrogens is 216 g/mol. The monoisotopic (exact) mass is 230 g/mol. The molecule has 1 aromatic rings. The minimum absolute atomic E-state index is 0. The predicted molar refractivity (Wildman–Crippen MR) is 60.6 cm³/mol. The maximum atomic E-state index is 11.3. The molecule has 1 heterocycles. The van der Waals surface area contributed by atoms with E-state index >= 15 is 0 Å².